The monoisotopic (exact) mass is 291 g/mol. The van der Waals surface area contributed by atoms with E-state index in [-0.39, 0.29) is 5.82 Å². The van der Waals surface area contributed by atoms with E-state index in [1.807, 2.05) is 37.3 Å². The smallest absolute Gasteiger partial charge is 0.157 e. The predicted octanol–water partition coefficient (Wildman–Crippen LogP) is 4.50. The van der Waals surface area contributed by atoms with Crippen molar-refractivity contribution < 1.29 is 4.39 Å². The fraction of sp³-hybridized carbons (Fsp3) is 0.0556. The van der Waals surface area contributed by atoms with E-state index >= 15 is 0 Å². The summed E-state index contributed by atoms with van der Waals surface area (Å²) in [5.74, 6) is -0.241. The average molecular weight is 291 g/mol. The van der Waals surface area contributed by atoms with Crippen LogP contribution in [-0.4, -0.2) is 10.2 Å². The lowest BCUT2D eigenvalue weighted by molar-refractivity contribution is 0.628. The van der Waals surface area contributed by atoms with Crippen LogP contribution in [0.15, 0.2) is 42.5 Å². The molecular weight excluding hydrogens is 277 g/mol. The number of hydrogen-bond donors (Lipinski definition) is 2. The van der Waals surface area contributed by atoms with Crippen LogP contribution in [0.25, 0.3) is 23.4 Å². The van der Waals surface area contributed by atoms with Crippen LogP contribution < -0.4 is 0 Å². The number of benzene rings is 2. The zero-order valence-electron chi connectivity index (χ0n) is 12.0. The van der Waals surface area contributed by atoms with Crippen molar-refractivity contribution in [3.05, 3.63) is 70.7 Å². The molecule has 3 nitrogen and oxygen atoms in total. The zero-order chi connectivity index (χ0) is 15.5. The molecule has 3 aromatic rings. The molecule has 0 aliphatic carbocycles. The lowest BCUT2D eigenvalue weighted by Gasteiger charge is -2.10. The summed E-state index contributed by atoms with van der Waals surface area (Å²) in [7, 11) is 0. The Balaban J connectivity index is 1.91. The van der Waals surface area contributed by atoms with E-state index in [1.54, 1.807) is 12.1 Å². The third kappa shape index (κ3) is 2.70. The van der Waals surface area contributed by atoms with Crippen LogP contribution in [0.1, 0.15) is 22.4 Å². The van der Waals surface area contributed by atoms with Crippen LogP contribution in [-0.2, 0) is 0 Å². The number of nitrogens with zero attached hydrogens (tertiary/aromatic N) is 1. The van der Waals surface area contributed by atoms with Crippen LogP contribution in [0, 0.1) is 24.1 Å². The van der Waals surface area contributed by atoms with Gasteiger partial charge >= 0.3 is 0 Å². The number of aryl methyl sites for hydroxylation is 1. The van der Waals surface area contributed by atoms with E-state index < -0.39 is 0 Å². The second-order valence-electron chi connectivity index (χ2n) is 5.07. The Morgan fingerprint density at radius 3 is 2.45 bits per heavy atom. The lowest BCUT2D eigenvalue weighted by atomic mass is 10.0. The first-order chi connectivity index (χ1) is 10.7. The first-order valence-corrected chi connectivity index (χ1v) is 6.88. The number of nitriles is 1. The minimum atomic E-state index is -0.241. The maximum absolute atomic E-state index is 12.9. The van der Waals surface area contributed by atoms with Crippen LogP contribution in [0.2, 0.25) is 0 Å². The summed E-state index contributed by atoms with van der Waals surface area (Å²) in [5, 5.41) is 14.6. The number of hydrogen-bond acceptors (Lipinski definition) is 1. The molecule has 0 saturated carbocycles. The Bertz CT molecular complexity index is 861. The van der Waals surface area contributed by atoms with Gasteiger partial charge in [-0.05, 0) is 41.8 Å². The van der Waals surface area contributed by atoms with Crippen molar-refractivity contribution in [1.82, 2.24) is 10.2 Å². The number of H-pyrrole nitrogens is 2. The summed E-state index contributed by atoms with van der Waals surface area (Å²) >= 11 is 0. The minimum Gasteiger partial charge on any atom is -0.297 e. The highest BCUT2D eigenvalue weighted by molar-refractivity contribution is 5.75. The topological polar surface area (TPSA) is 55.4 Å². The van der Waals surface area contributed by atoms with Gasteiger partial charge in [0.1, 0.15) is 11.9 Å². The maximum atomic E-state index is 12.9. The van der Waals surface area contributed by atoms with Crippen LogP contribution in [0.4, 0.5) is 4.39 Å². The third-order valence-electron chi connectivity index (χ3n) is 3.57. The second kappa shape index (κ2) is 5.74. The molecule has 0 unspecified atom stereocenters. The molecule has 0 spiro atoms. The fourth-order valence-corrected chi connectivity index (χ4v) is 2.22. The van der Waals surface area contributed by atoms with Gasteiger partial charge in [-0.25, -0.2) is 4.39 Å². The molecule has 1 aromatic heterocycles. The fourth-order valence-electron chi connectivity index (χ4n) is 2.22. The minimum absolute atomic E-state index is 0.241. The molecule has 0 aliphatic rings. The molecule has 2 aromatic carbocycles. The van der Waals surface area contributed by atoms with Gasteiger partial charge in [0.15, 0.2) is 5.69 Å². The molecule has 3 rings (SSSR count). The Hall–Kier alpha value is -3.06. The van der Waals surface area contributed by atoms with E-state index in [2.05, 4.69) is 16.3 Å². The van der Waals surface area contributed by atoms with E-state index in [1.165, 1.54) is 12.1 Å². The Morgan fingerprint density at radius 1 is 1.05 bits per heavy atom. The van der Waals surface area contributed by atoms with E-state index in [0.29, 0.717) is 5.69 Å². The Morgan fingerprint density at radius 2 is 1.82 bits per heavy atom. The van der Waals surface area contributed by atoms with Gasteiger partial charge in [0.05, 0.1) is 5.69 Å². The number of nitrogens with one attached hydrogen (secondary N) is 2. The molecule has 2 N–H and O–H groups in total. The second-order valence-corrected chi connectivity index (χ2v) is 5.07. The number of halogens is 1. The Kier molecular flexibility index (Phi) is 3.63. The summed E-state index contributed by atoms with van der Waals surface area (Å²) < 4.78 is 12.9. The van der Waals surface area contributed by atoms with Crippen LogP contribution in [0.5, 0.6) is 0 Å². The SMILES string of the molecule is Cc1ccc(-c2[nH][nH]c2C#N)cc1/C=C/c1ccc(F)cc1. The molecule has 22 heavy (non-hydrogen) atoms. The van der Waals surface area contributed by atoms with Gasteiger partial charge in [-0.15, -0.1) is 0 Å². The molecular formula is C18H14FN3. The molecule has 0 bridgehead atoms. The number of aromatic nitrogens is 2. The summed E-state index contributed by atoms with van der Waals surface area (Å²) in [6, 6.07) is 14.5. The number of aromatic amines is 2. The third-order valence-corrected chi connectivity index (χ3v) is 3.57. The van der Waals surface area contributed by atoms with Crippen molar-refractivity contribution in [2.75, 3.05) is 0 Å². The Labute approximate surface area is 127 Å². The van der Waals surface area contributed by atoms with E-state index in [0.717, 1.165) is 27.9 Å². The zero-order valence-corrected chi connectivity index (χ0v) is 12.0. The standard InChI is InChI=1S/C18H14FN3/c1-12-2-6-15(18-17(11-20)21-22-18)10-14(12)7-3-13-4-8-16(19)9-5-13/h2-10,21-22H,1H3/b7-3+. The molecule has 108 valence electrons. The highest BCUT2D eigenvalue weighted by atomic mass is 19.1. The highest BCUT2D eigenvalue weighted by Gasteiger charge is 2.09. The normalized spacial score (nSPS) is 11.0. The maximum Gasteiger partial charge on any atom is 0.157 e. The summed E-state index contributed by atoms with van der Waals surface area (Å²) in [6.45, 7) is 2.03. The van der Waals surface area contributed by atoms with Gasteiger partial charge in [0, 0.05) is 5.56 Å². The van der Waals surface area contributed by atoms with Crippen molar-refractivity contribution in [3.63, 3.8) is 0 Å². The molecule has 0 aliphatic heterocycles. The molecule has 0 fully saturated rings. The van der Waals surface area contributed by atoms with Gasteiger partial charge in [-0.2, -0.15) is 5.26 Å². The molecule has 0 atom stereocenters. The summed E-state index contributed by atoms with van der Waals surface area (Å²) in [6.07, 6.45) is 3.93. The van der Waals surface area contributed by atoms with Gasteiger partial charge in [0.25, 0.3) is 0 Å². The van der Waals surface area contributed by atoms with Crippen molar-refractivity contribution >= 4 is 12.2 Å². The van der Waals surface area contributed by atoms with Crippen molar-refractivity contribution in [2.24, 2.45) is 0 Å². The van der Waals surface area contributed by atoms with E-state index in [4.69, 9.17) is 5.26 Å². The molecule has 1 heterocycles. The quantitative estimate of drug-likeness (QED) is 0.686. The van der Waals surface area contributed by atoms with Gasteiger partial charge in [-0.1, -0.05) is 36.4 Å². The van der Waals surface area contributed by atoms with Crippen molar-refractivity contribution in [2.45, 2.75) is 6.92 Å². The van der Waals surface area contributed by atoms with Gasteiger partial charge in [0.2, 0.25) is 0 Å². The number of rotatable bonds is 3. The highest BCUT2D eigenvalue weighted by Crippen LogP contribution is 2.25. The first-order valence-electron chi connectivity index (χ1n) is 6.88. The molecule has 0 radical (unpaired) electrons. The van der Waals surface area contributed by atoms with Crippen LogP contribution >= 0.6 is 0 Å². The lowest BCUT2D eigenvalue weighted by Crippen LogP contribution is -2.01. The van der Waals surface area contributed by atoms with E-state index in [9.17, 15) is 4.39 Å². The predicted molar refractivity (Wildman–Crippen MR) is 85.4 cm³/mol. The molecule has 0 saturated heterocycles. The van der Waals surface area contributed by atoms with Crippen LogP contribution in [0.3, 0.4) is 0 Å². The van der Waals surface area contributed by atoms with Crippen molar-refractivity contribution in [1.29, 1.82) is 5.26 Å². The summed E-state index contributed by atoms with van der Waals surface area (Å²) in [5.41, 5.74) is 5.43. The molecule has 0 amide bonds. The largest absolute Gasteiger partial charge is 0.297 e. The average Bonchev–Trinajstić information content (AvgIpc) is 2.49. The summed E-state index contributed by atoms with van der Waals surface area (Å²) in [4.78, 5) is 0. The van der Waals surface area contributed by atoms with Gasteiger partial charge in [-0.3, -0.25) is 10.2 Å². The first kappa shape index (κ1) is 13.9. The van der Waals surface area contributed by atoms with Crippen molar-refractivity contribution in [3.8, 4) is 17.3 Å². The molecule has 4 heteroatoms. The van der Waals surface area contributed by atoms with Gasteiger partial charge < -0.3 is 0 Å².